The first-order valence-electron chi connectivity index (χ1n) is 6.19. The maximum Gasteiger partial charge on any atom is -0.0360 e. The van der Waals surface area contributed by atoms with E-state index >= 15 is 0 Å². The Kier molecular flexibility index (Phi) is 4.28. The Hall–Kier alpha value is 0. The van der Waals surface area contributed by atoms with Crippen molar-refractivity contribution in [1.82, 2.24) is 0 Å². The molecule has 0 heteroatoms. The van der Waals surface area contributed by atoms with Crippen molar-refractivity contribution >= 4 is 0 Å². The molecule has 1 aliphatic rings. The van der Waals surface area contributed by atoms with Crippen molar-refractivity contribution < 1.29 is 0 Å². The van der Waals surface area contributed by atoms with Crippen molar-refractivity contribution in [3.63, 3.8) is 0 Å². The van der Waals surface area contributed by atoms with Crippen LogP contribution in [0.4, 0.5) is 0 Å². The summed E-state index contributed by atoms with van der Waals surface area (Å²) >= 11 is 0. The zero-order chi connectivity index (χ0) is 9.84. The molecule has 3 atom stereocenters. The fourth-order valence-electron chi connectivity index (χ4n) is 3.05. The Morgan fingerprint density at radius 2 is 1.77 bits per heavy atom. The predicted octanol–water partition coefficient (Wildman–Crippen LogP) is 4.49. The van der Waals surface area contributed by atoms with Crippen LogP contribution >= 0.6 is 0 Å². The molecule has 1 rings (SSSR count). The first-order valence-corrected chi connectivity index (χ1v) is 6.19. The number of hydrogen-bond donors (Lipinski definition) is 0. The van der Waals surface area contributed by atoms with E-state index in [9.17, 15) is 0 Å². The first-order chi connectivity index (χ1) is 6.19. The average Bonchev–Trinajstić information content (AvgIpc) is 2.16. The quantitative estimate of drug-likeness (QED) is 0.603. The summed E-state index contributed by atoms with van der Waals surface area (Å²) in [6.07, 6.45) is 7.31. The van der Waals surface area contributed by atoms with Crippen molar-refractivity contribution in [1.29, 1.82) is 0 Å². The van der Waals surface area contributed by atoms with Crippen LogP contribution in [0.3, 0.4) is 0 Å². The molecule has 1 fully saturated rings. The molecule has 0 heterocycles. The molecule has 0 bridgehead atoms. The van der Waals surface area contributed by atoms with Crippen LogP contribution in [0.5, 0.6) is 0 Å². The van der Waals surface area contributed by atoms with Gasteiger partial charge in [-0.05, 0) is 36.5 Å². The van der Waals surface area contributed by atoms with E-state index in [1.165, 1.54) is 32.1 Å². The minimum absolute atomic E-state index is 0.902. The molecule has 0 nitrogen and oxygen atoms in total. The minimum atomic E-state index is 0.902. The summed E-state index contributed by atoms with van der Waals surface area (Å²) in [6.45, 7) is 9.54. The molecular formula is C13H26. The van der Waals surface area contributed by atoms with Crippen LogP contribution < -0.4 is 0 Å². The fourth-order valence-corrected chi connectivity index (χ4v) is 3.05. The lowest BCUT2D eigenvalue weighted by molar-refractivity contribution is 0.129. The zero-order valence-electron chi connectivity index (χ0n) is 9.84. The van der Waals surface area contributed by atoms with Gasteiger partial charge in [-0.25, -0.2) is 0 Å². The molecular weight excluding hydrogens is 156 g/mol. The Bertz CT molecular complexity index is 137. The summed E-state index contributed by atoms with van der Waals surface area (Å²) in [5.74, 6) is 3.99. The van der Waals surface area contributed by atoms with Crippen molar-refractivity contribution in [3.05, 3.63) is 0 Å². The van der Waals surface area contributed by atoms with Crippen LogP contribution in [0.2, 0.25) is 0 Å². The molecule has 1 aliphatic carbocycles. The number of rotatable bonds is 3. The molecule has 78 valence electrons. The number of hydrogen-bond acceptors (Lipinski definition) is 0. The van der Waals surface area contributed by atoms with Crippen LogP contribution in [-0.4, -0.2) is 0 Å². The molecule has 0 aliphatic heterocycles. The van der Waals surface area contributed by atoms with E-state index in [0.29, 0.717) is 0 Å². The lowest BCUT2D eigenvalue weighted by Gasteiger charge is -2.38. The molecule has 0 spiro atoms. The molecule has 13 heavy (non-hydrogen) atoms. The van der Waals surface area contributed by atoms with Gasteiger partial charge in [-0.1, -0.05) is 47.0 Å². The second-order valence-corrected chi connectivity index (χ2v) is 5.16. The molecule has 0 aromatic heterocycles. The zero-order valence-corrected chi connectivity index (χ0v) is 9.84. The minimum Gasteiger partial charge on any atom is -0.0651 e. The van der Waals surface area contributed by atoms with Crippen LogP contribution in [-0.2, 0) is 0 Å². The summed E-state index contributed by atoms with van der Waals surface area (Å²) in [5.41, 5.74) is 0. The standard InChI is InChI=1S/C13H26/c1-5-11-7-8-12(6-2)13(9-11)10(3)4/h10-13H,5-9H2,1-4H3. The van der Waals surface area contributed by atoms with Crippen molar-refractivity contribution in [2.45, 2.75) is 59.8 Å². The van der Waals surface area contributed by atoms with E-state index in [-0.39, 0.29) is 0 Å². The van der Waals surface area contributed by atoms with Gasteiger partial charge in [-0.3, -0.25) is 0 Å². The van der Waals surface area contributed by atoms with Crippen LogP contribution in [0.25, 0.3) is 0 Å². The normalized spacial score (nSPS) is 35.3. The van der Waals surface area contributed by atoms with Crippen molar-refractivity contribution in [2.24, 2.45) is 23.7 Å². The predicted molar refractivity (Wildman–Crippen MR) is 59.7 cm³/mol. The Labute approximate surface area is 84.1 Å². The summed E-state index contributed by atoms with van der Waals surface area (Å²) < 4.78 is 0. The molecule has 0 aromatic rings. The van der Waals surface area contributed by atoms with Crippen molar-refractivity contribution in [3.8, 4) is 0 Å². The summed E-state index contributed by atoms with van der Waals surface area (Å²) in [4.78, 5) is 0. The van der Waals surface area contributed by atoms with E-state index < -0.39 is 0 Å². The smallest absolute Gasteiger partial charge is 0.0360 e. The lowest BCUT2D eigenvalue weighted by atomic mass is 9.68. The largest absolute Gasteiger partial charge is 0.0651 e. The van der Waals surface area contributed by atoms with Gasteiger partial charge >= 0.3 is 0 Å². The third kappa shape index (κ3) is 2.72. The van der Waals surface area contributed by atoms with Gasteiger partial charge in [0.25, 0.3) is 0 Å². The molecule has 0 N–H and O–H groups in total. The second kappa shape index (κ2) is 5.02. The molecule has 1 saturated carbocycles. The first kappa shape index (κ1) is 11.1. The highest BCUT2D eigenvalue weighted by atomic mass is 14.4. The highest BCUT2D eigenvalue weighted by molar-refractivity contribution is 4.80. The molecule has 0 amide bonds. The summed E-state index contributed by atoms with van der Waals surface area (Å²) in [5, 5.41) is 0. The van der Waals surface area contributed by atoms with Gasteiger partial charge in [0.05, 0.1) is 0 Å². The fraction of sp³-hybridized carbons (Fsp3) is 1.00. The Morgan fingerprint density at radius 1 is 1.08 bits per heavy atom. The molecule has 3 unspecified atom stereocenters. The van der Waals surface area contributed by atoms with Crippen LogP contribution in [0.1, 0.15) is 59.8 Å². The van der Waals surface area contributed by atoms with Gasteiger partial charge in [-0.15, -0.1) is 0 Å². The van der Waals surface area contributed by atoms with Crippen LogP contribution in [0.15, 0.2) is 0 Å². The van der Waals surface area contributed by atoms with E-state index in [2.05, 4.69) is 27.7 Å². The van der Waals surface area contributed by atoms with Crippen LogP contribution in [0, 0.1) is 23.7 Å². The Morgan fingerprint density at radius 3 is 2.23 bits per heavy atom. The topological polar surface area (TPSA) is 0 Å². The maximum absolute atomic E-state index is 2.41. The van der Waals surface area contributed by atoms with Gasteiger partial charge in [0.2, 0.25) is 0 Å². The summed E-state index contributed by atoms with van der Waals surface area (Å²) in [7, 11) is 0. The molecule has 0 saturated heterocycles. The van der Waals surface area contributed by atoms with Gasteiger partial charge in [0.1, 0.15) is 0 Å². The van der Waals surface area contributed by atoms with Gasteiger partial charge in [-0.2, -0.15) is 0 Å². The Balaban J connectivity index is 2.52. The second-order valence-electron chi connectivity index (χ2n) is 5.16. The van der Waals surface area contributed by atoms with E-state index in [1.54, 1.807) is 0 Å². The maximum atomic E-state index is 2.41. The van der Waals surface area contributed by atoms with Gasteiger partial charge in [0.15, 0.2) is 0 Å². The average molecular weight is 182 g/mol. The third-order valence-electron chi connectivity index (χ3n) is 4.11. The molecule has 0 aromatic carbocycles. The lowest BCUT2D eigenvalue weighted by Crippen LogP contribution is -2.28. The van der Waals surface area contributed by atoms with E-state index in [1.807, 2.05) is 0 Å². The molecule has 0 radical (unpaired) electrons. The highest BCUT2D eigenvalue weighted by Crippen LogP contribution is 2.40. The van der Waals surface area contributed by atoms with Crippen molar-refractivity contribution in [2.75, 3.05) is 0 Å². The monoisotopic (exact) mass is 182 g/mol. The van der Waals surface area contributed by atoms with E-state index in [0.717, 1.165) is 23.7 Å². The summed E-state index contributed by atoms with van der Waals surface area (Å²) in [6, 6.07) is 0. The highest BCUT2D eigenvalue weighted by Gasteiger charge is 2.30. The third-order valence-corrected chi connectivity index (χ3v) is 4.11. The van der Waals surface area contributed by atoms with Gasteiger partial charge in [0, 0.05) is 0 Å². The van der Waals surface area contributed by atoms with Gasteiger partial charge < -0.3 is 0 Å². The van der Waals surface area contributed by atoms with E-state index in [4.69, 9.17) is 0 Å². The SMILES string of the molecule is CCC1CCC(CC)C(C(C)C)C1.